The number of hydrogen-bond donors (Lipinski definition) is 0. The van der Waals surface area contributed by atoms with Gasteiger partial charge in [0, 0.05) is 27.6 Å². The van der Waals surface area contributed by atoms with Crippen molar-refractivity contribution in [3.8, 4) is 33.4 Å². The minimum atomic E-state index is -0.528. The molecule has 1 aromatic heterocycles. The predicted molar refractivity (Wildman–Crippen MR) is 280 cm³/mol. The van der Waals surface area contributed by atoms with Crippen LogP contribution in [-0.4, -0.2) is 0 Å². The first-order valence-electron chi connectivity index (χ1n) is 24.0. The molecular formula is C65H49NO. The number of para-hydroxylation sites is 2. The number of anilines is 3. The Morgan fingerprint density at radius 2 is 1.01 bits per heavy atom. The summed E-state index contributed by atoms with van der Waals surface area (Å²) in [5, 5.41) is 4.96. The van der Waals surface area contributed by atoms with Gasteiger partial charge in [-0.05, 0) is 122 Å². The smallest absolute Gasteiger partial charge is 0.135 e. The number of rotatable bonds is 8. The molecule has 10 aromatic carbocycles. The van der Waals surface area contributed by atoms with Crippen molar-refractivity contribution in [2.45, 2.75) is 43.4 Å². The van der Waals surface area contributed by atoms with Crippen molar-refractivity contribution in [3.05, 3.63) is 258 Å². The van der Waals surface area contributed by atoms with Crippen LogP contribution in [-0.2, 0) is 5.41 Å². The number of nitrogens with zero attached hydrogens (tertiary/aromatic N) is 1. The van der Waals surface area contributed by atoms with E-state index >= 15 is 0 Å². The van der Waals surface area contributed by atoms with Gasteiger partial charge in [0.1, 0.15) is 11.2 Å². The monoisotopic (exact) mass is 859 g/mol. The van der Waals surface area contributed by atoms with Crippen molar-refractivity contribution in [1.29, 1.82) is 0 Å². The summed E-state index contributed by atoms with van der Waals surface area (Å²) >= 11 is 0. The van der Waals surface area contributed by atoms with Crippen molar-refractivity contribution in [1.82, 2.24) is 0 Å². The van der Waals surface area contributed by atoms with Crippen LogP contribution in [0.15, 0.2) is 235 Å². The normalized spacial score (nSPS) is 14.3. The maximum Gasteiger partial charge on any atom is 0.135 e. The summed E-state index contributed by atoms with van der Waals surface area (Å²) in [7, 11) is 0. The fourth-order valence-electron chi connectivity index (χ4n) is 12.0. The van der Waals surface area contributed by atoms with Gasteiger partial charge < -0.3 is 9.32 Å². The third-order valence-corrected chi connectivity index (χ3v) is 15.0. The predicted octanol–water partition coefficient (Wildman–Crippen LogP) is 18.0. The highest BCUT2D eigenvalue weighted by Crippen LogP contribution is 2.60. The van der Waals surface area contributed by atoms with Crippen molar-refractivity contribution >= 4 is 49.8 Å². The Hall–Kier alpha value is -7.94. The van der Waals surface area contributed by atoms with E-state index in [0.29, 0.717) is 5.92 Å². The molecule has 0 amide bonds. The van der Waals surface area contributed by atoms with Gasteiger partial charge in [-0.2, -0.15) is 0 Å². The maximum atomic E-state index is 6.23. The zero-order valence-electron chi connectivity index (χ0n) is 37.4. The van der Waals surface area contributed by atoms with Gasteiger partial charge in [-0.1, -0.05) is 207 Å². The largest absolute Gasteiger partial charge is 0.456 e. The molecule has 13 rings (SSSR count). The lowest BCUT2D eigenvalue weighted by Crippen LogP contribution is -2.28. The second-order valence-electron chi connectivity index (χ2n) is 18.5. The van der Waals surface area contributed by atoms with Crippen LogP contribution in [0.4, 0.5) is 17.1 Å². The Bertz CT molecular complexity index is 3570. The zero-order valence-corrected chi connectivity index (χ0v) is 37.4. The molecule has 2 aliphatic carbocycles. The van der Waals surface area contributed by atoms with Crippen molar-refractivity contribution in [3.63, 3.8) is 0 Å². The summed E-state index contributed by atoms with van der Waals surface area (Å²) in [6.45, 7) is 0. The average Bonchev–Trinajstić information content (AvgIpc) is 3.93. The number of benzene rings is 10. The number of furan rings is 1. The Labute approximate surface area is 392 Å². The Morgan fingerprint density at radius 3 is 1.81 bits per heavy atom. The molecule has 0 unspecified atom stereocenters. The van der Waals surface area contributed by atoms with Gasteiger partial charge in [0.2, 0.25) is 0 Å². The topological polar surface area (TPSA) is 16.4 Å². The lowest BCUT2D eigenvalue weighted by Gasteiger charge is -2.34. The molecule has 0 bridgehead atoms. The molecule has 11 aromatic rings. The first kappa shape index (κ1) is 39.4. The molecule has 2 aliphatic rings. The van der Waals surface area contributed by atoms with Crippen LogP contribution in [0.1, 0.15) is 65.8 Å². The molecule has 67 heavy (non-hydrogen) atoms. The zero-order chi connectivity index (χ0) is 44.3. The van der Waals surface area contributed by atoms with E-state index in [1.54, 1.807) is 0 Å². The molecule has 0 saturated heterocycles. The van der Waals surface area contributed by atoms with Crippen LogP contribution in [0.5, 0.6) is 0 Å². The van der Waals surface area contributed by atoms with Crippen LogP contribution in [0.3, 0.4) is 0 Å². The van der Waals surface area contributed by atoms with Crippen LogP contribution in [0.25, 0.3) is 66.1 Å². The summed E-state index contributed by atoms with van der Waals surface area (Å²) < 4.78 is 6.23. The highest BCUT2D eigenvalue weighted by molar-refractivity contribution is 6.07. The van der Waals surface area contributed by atoms with E-state index in [0.717, 1.165) is 50.1 Å². The Balaban J connectivity index is 1.06. The minimum absolute atomic E-state index is 0.528. The first-order valence-corrected chi connectivity index (χ1v) is 24.0. The summed E-state index contributed by atoms with van der Waals surface area (Å²) in [6.07, 6.45) is 6.42. The lowest BCUT2D eigenvalue weighted by atomic mass is 9.68. The molecule has 2 nitrogen and oxygen atoms in total. The molecule has 1 fully saturated rings. The molecule has 0 atom stereocenters. The van der Waals surface area contributed by atoms with Gasteiger partial charge >= 0.3 is 0 Å². The van der Waals surface area contributed by atoms with Gasteiger partial charge in [-0.25, -0.2) is 0 Å². The van der Waals surface area contributed by atoms with E-state index in [4.69, 9.17) is 4.42 Å². The molecule has 0 radical (unpaired) electrons. The van der Waals surface area contributed by atoms with E-state index in [2.05, 4.69) is 223 Å². The standard InChI is InChI=1S/C65H49NO/c1-4-19-45(20-5-1)51-30-16-21-46-22-17-31-54(63(46)51)52-27-11-14-34-59(52)66(50-40-37-44(38-41-50)47-39-42-62-56(43-47)53-28-12-15-36-61(53)67-62)60-35-18-33-58-64(60)55-29-10-13-32-57(55)65(58,48-23-6-2-7-24-48)49-25-8-3-9-26-49/h2-3,6-18,21-43,45H,1,4-5,19-20H2. The second kappa shape index (κ2) is 16.2. The van der Waals surface area contributed by atoms with Gasteiger partial charge in [0.05, 0.1) is 16.8 Å². The van der Waals surface area contributed by atoms with Crippen molar-refractivity contribution in [2.75, 3.05) is 4.90 Å². The summed E-state index contributed by atoms with van der Waals surface area (Å²) in [5.41, 5.74) is 18.6. The van der Waals surface area contributed by atoms with Crippen molar-refractivity contribution in [2.24, 2.45) is 0 Å². The minimum Gasteiger partial charge on any atom is -0.456 e. The molecule has 0 aliphatic heterocycles. The third-order valence-electron chi connectivity index (χ3n) is 15.0. The van der Waals surface area contributed by atoms with E-state index in [-0.39, 0.29) is 0 Å². The third kappa shape index (κ3) is 6.31. The highest BCUT2D eigenvalue weighted by atomic mass is 16.3. The van der Waals surface area contributed by atoms with Gasteiger partial charge in [-0.15, -0.1) is 0 Å². The van der Waals surface area contributed by atoms with Crippen LogP contribution in [0, 0.1) is 0 Å². The van der Waals surface area contributed by atoms with E-state index in [9.17, 15) is 0 Å². The molecule has 320 valence electrons. The lowest BCUT2D eigenvalue weighted by molar-refractivity contribution is 0.445. The Morgan fingerprint density at radius 1 is 0.418 bits per heavy atom. The van der Waals surface area contributed by atoms with Gasteiger partial charge in [0.25, 0.3) is 0 Å². The SMILES string of the molecule is c1ccc(C2(c3ccccc3)c3ccccc3-c3c(N(c4ccc(-c5ccc6oc7ccccc7c6c5)cc4)c4ccccc4-c4cccc5cccc(C6CCCCC6)c45)cccc32)cc1. The van der Waals surface area contributed by atoms with E-state index in [1.165, 1.54) is 92.9 Å². The quantitative estimate of drug-likeness (QED) is 0.151. The molecule has 1 saturated carbocycles. The first-order chi connectivity index (χ1) is 33.3. The van der Waals surface area contributed by atoms with Crippen molar-refractivity contribution < 1.29 is 4.42 Å². The van der Waals surface area contributed by atoms with Crippen LogP contribution < -0.4 is 4.90 Å². The fourth-order valence-corrected chi connectivity index (χ4v) is 12.0. The number of fused-ring (bicyclic) bond motifs is 7. The van der Waals surface area contributed by atoms with Crippen LogP contribution in [0.2, 0.25) is 0 Å². The second-order valence-corrected chi connectivity index (χ2v) is 18.5. The molecule has 0 N–H and O–H groups in total. The molecular weight excluding hydrogens is 811 g/mol. The number of hydrogen-bond acceptors (Lipinski definition) is 2. The molecule has 0 spiro atoms. The summed E-state index contributed by atoms with van der Waals surface area (Å²) in [5.74, 6) is 0.562. The van der Waals surface area contributed by atoms with Crippen LogP contribution >= 0.6 is 0 Å². The van der Waals surface area contributed by atoms with Gasteiger partial charge in [-0.3, -0.25) is 0 Å². The maximum absolute atomic E-state index is 6.23. The summed E-state index contributed by atoms with van der Waals surface area (Å²) in [4.78, 5) is 2.55. The Kier molecular flexibility index (Phi) is 9.53. The van der Waals surface area contributed by atoms with Gasteiger partial charge in [0.15, 0.2) is 0 Å². The van der Waals surface area contributed by atoms with E-state index < -0.39 is 5.41 Å². The highest BCUT2D eigenvalue weighted by Gasteiger charge is 2.47. The molecule has 1 heterocycles. The fraction of sp³-hybridized carbons (Fsp3) is 0.108. The average molecular weight is 860 g/mol. The van der Waals surface area contributed by atoms with E-state index in [1.807, 2.05) is 12.1 Å². The molecule has 2 heteroatoms. The summed E-state index contributed by atoms with van der Waals surface area (Å²) in [6, 6.07) is 85.6.